The van der Waals surface area contributed by atoms with Crippen molar-refractivity contribution in [3.05, 3.63) is 0 Å². The van der Waals surface area contributed by atoms with Crippen LogP contribution in [0, 0.1) is 0 Å². The number of carbonyl (C=O) groups is 1. The number of aliphatic hydroxyl groups excluding tert-OH is 3. The van der Waals surface area contributed by atoms with Crippen LogP contribution in [0.1, 0.15) is 0 Å². The van der Waals surface area contributed by atoms with Gasteiger partial charge in [-0.25, -0.2) is 0 Å². The molecule has 3 N–H and O–H groups in total. The van der Waals surface area contributed by atoms with Gasteiger partial charge in [0.1, 0.15) is 24.4 Å². The van der Waals surface area contributed by atoms with E-state index in [9.17, 15) is 4.79 Å². The van der Waals surface area contributed by atoms with Gasteiger partial charge in [0.2, 0.25) is 0 Å². The van der Waals surface area contributed by atoms with Crippen LogP contribution in [0.3, 0.4) is 0 Å². The molecular formula is C6H10O5. The fraction of sp³-hybridized carbons (Fsp3) is 0.833. The van der Waals surface area contributed by atoms with Gasteiger partial charge in [-0.15, -0.1) is 0 Å². The molecule has 1 fully saturated rings. The Labute approximate surface area is 63.2 Å². The Balaban J connectivity index is 2.32. The summed E-state index contributed by atoms with van der Waals surface area (Å²) in [6.07, 6.45) is -3.11. The molecule has 1 saturated heterocycles. The normalized spacial score (nSPS) is 34.5. The third-order valence-electron chi connectivity index (χ3n) is 1.61. The van der Waals surface area contributed by atoms with Gasteiger partial charge in [0.05, 0.1) is 6.61 Å². The van der Waals surface area contributed by atoms with Gasteiger partial charge in [0.15, 0.2) is 6.29 Å². The Morgan fingerprint density at radius 3 is 2.55 bits per heavy atom. The Kier molecular flexibility index (Phi) is 2.56. The predicted octanol–water partition coefficient (Wildman–Crippen LogP) is -2.33. The van der Waals surface area contributed by atoms with Crippen molar-refractivity contribution in [1.29, 1.82) is 0 Å². The van der Waals surface area contributed by atoms with Gasteiger partial charge < -0.3 is 24.9 Å². The minimum absolute atomic E-state index is 0.535. The van der Waals surface area contributed by atoms with Crippen molar-refractivity contribution >= 4 is 6.29 Å². The second kappa shape index (κ2) is 3.27. The number of epoxide rings is 1. The summed E-state index contributed by atoms with van der Waals surface area (Å²) in [5.41, 5.74) is 0. The molecule has 64 valence electrons. The van der Waals surface area contributed by atoms with E-state index in [1.54, 1.807) is 0 Å². The fourth-order valence-corrected chi connectivity index (χ4v) is 0.847. The van der Waals surface area contributed by atoms with E-state index in [1.165, 1.54) is 0 Å². The molecule has 0 amide bonds. The first-order chi connectivity index (χ1) is 5.20. The van der Waals surface area contributed by atoms with Crippen molar-refractivity contribution in [1.82, 2.24) is 0 Å². The minimum atomic E-state index is -1.23. The maximum atomic E-state index is 10.0. The van der Waals surface area contributed by atoms with Crippen LogP contribution in [0.15, 0.2) is 0 Å². The van der Waals surface area contributed by atoms with Crippen LogP contribution in [0.4, 0.5) is 0 Å². The van der Waals surface area contributed by atoms with E-state index in [0.29, 0.717) is 6.29 Å². The highest BCUT2D eigenvalue weighted by atomic mass is 16.6. The molecule has 1 aliphatic heterocycles. The van der Waals surface area contributed by atoms with E-state index in [1.807, 2.05) is 0 Å². The summed E-state index contributed by atoms with van der Waals surface area (Å²) in [6.45, 7) is -0.535. The fourth-order valence-electron chi connectivity index (χ4n) is 0.847. The van der Waals surface area contributed by atoms with Gasteiger partial charge in [0, 0.05) is 0 Å². The van der Waals surface area contributed by atoms with Crippen LogP contribution in [0.5, 0.6) is 0 Å². The lowest BCUT2D eigenvalue weighted by Crippen LogP contribution is -2.34. The number of carbonyl (C=O) groups excluding carboxylic acids is 1. The molecule has 0 spiro atoms. The smallest absolute Gasteiger partial charge is 0.151 e. The number of hydrogen-bond acceptors (Lipinski definition) is 5. The van der Waals surface area contributed by atoms with Gasteiger partial charge in [-0.3, -0.25) is 0 Å². The highest BCUT2D eigenvalue weighted by molar-refractivity contribution is 5.60. The van der Waals surface area contributed by atoms with E-state index < -0.39 is 31.0 Å². The van der Waals surface area contributed by atoms with E-state index >= 15 is 0 Å². The standard InChI is InChI=1S/C6H10O5/c7-1-3(9)5(10)6-4(2-8)11-6/h2-7,9-10H,1H2/t3-,4-,5-,6-/m1/s1. The summed E-state index contributed by atoms with van der Waals surface area (Å²) in [6, 6.07) is 0. The lowest BCUT2D eigenvalue weighted by molar-refractivity contribution is -0.108. The zero-order chi connectivity index (χ0) is 8.43. The Morgan fingerprint density at radius 2 is 2.18 bits per heavy atom. The van der Waals surface area contributed by atoms with Crippen molar-refractivity contribution in [3.63, 3.8) is 0 Å². The molecule has 0 aromatic rings. The zero-order valence-electron chi connectivity index (χ0n) is 5.75. The molecular weight excluding hydrogens is 152 g/mol. The topological polar surface area (TPSA) is 90.3 Å². The summed E-state index contributed by atoms with van der Waals surface area (Å²) in [4.78, 5) is 10.0. The van der Waals surface area contributed by atoms with Crippen LogP contribution in [0.2, 0.25) is 0 Å². The molecule has 1 rings (SSSR count). The highest BCUT2D eigenvalue weighted by Gasteiger charge is 2.46. The molecule has 0 saturated carbocycles. The summed E-state index contributed by atoms with van der Waals surface area (Å²) >= 11 is 0. The summed E-state index contributed by atoms with van der Waals surface area (Å²) in [7, 11) is 0. The van der Waals surface area contributed by atoms with Gasteiger partial charge >= 0.3 is 0 Å². The molecule has 11 heavy (non-hydrogen) atoms. The first-order valence-electron chi connectivity index (χ1n) is 3.28. The summed E-state index contributed by atoms with van der Waals surface area (Å²) in [5.74, 6) is 0. The lowest BCUT2D eigenvalue weighted by atomic mass is 10.1. The summed E-state index contributed by atoms with van der Waals surface area (Å²) in [5, 5.41) is 26.3. The average Bonchev–Trinajstić information content (AvgIpc) is 2.80. The molecule has 0 aliphatic carbocycles. The number of ether oxygens (including phenoxy) is 1. The van der Waals surface area contributed by atoms with Crippen LogP contribution in [0.25, 0.3) is 0 Å². The van der Waals surface area contributed by atoms with E-state index in [4.69, 9.17) is 15.3 Å². The third kappa shape index (κ3) is 1.75. The monoisotopic (exact) mass is 162 g/mol. The molecule has 0 bridgehead atoms. The largest absolute Gasteiger partial charge is 0.394 e. The second-order valence-corrected chi connectivity index (χ2v) is 2.44. The minimum Gasteiger partial charge on any atom is -0.394 e. The van der Waals surface area contributed by atoms with E-state index in [-0.39, 0.29) is 0 Å². The Hall–Kier alpha value is -0.490. The van der Waals surface area contributed by atoms with Crippen molar-refractivity contribution in [2.45, 2.75) is 24.4 Å². The van der Waals surface area contributed by atoms with E-state index in [2.05, 4.69) is 4.74 Å². The van der Waals surface area contributed by atoms with Crippen LogP contribution >= 0.6 is 0 Å². The first-order valence-corrected chi connectivity index (χ1v) is 3.28. The van der Waals surface area contributed by atoms with Gasteiger partial charge in [0.25, 0.3) is 0 Å². The van der Waals surface area contributed by atoms with Crippen molar-refractivity contribution in [2.24, 2.45) is 0 Å². The third-order valence-corrected chi connectivity index (χ3v) is 1.61. The van der Waals surface area contributed by atoms with E-state index in [0.717, 1.165) is 0 Å². The first kappa shape index (κ1) is 8.61. The second-order valence-electron chi connectivity index (χ2n) is 2.44. The van der Waals surface area contributed by atoms with Crippen molar-refractivity contribution in [2.75, 3.05) is 6.61 Å². The maximum absolute atomic E-state index is 10.0. The molecule has 5 nitrogen and oxygen atoms in total. The molecule has 0 aromatic carbocycles. The SMILES string of the molecule is O=C[C@H]1O[C@H]1[C@H](O)[C@H](O)CO. The molecule has 4 atom stereocenters. The number of hydrogen-bond donors (Lipinski definition) is 3. The van der Waals surface area contributed by atoms with Gasteiger partial charge in [-0.05, 0) is 0 Å². The van der Waals surface area contributed by atoms with Gasteiger partial charge in [-0.1, -0.05) is 0 Å². The quantitative estimate of drug-likeness (QED) is 0.318. The predicted molar refractivity (Wildman–Crippen MR) is 33.8 cm³/mol. The van der Waals surface area contributed by atoms with Crippen molar-refractivity contribution in [3.8, 4) is 0 Å². The molecule has 5 heteroatoms. The average molecular weight is 162 g/mol. The van der Waals surface area contributed by atoms with Crippen LogP contribution in [-0.4, -0.2) is 52.6 Å². The summed E-state index contributed by atoms with van der Waals surface area (Å²) < 4.78 is 4.66. The lowest BCUT2D eigenvalue weighted by Gasteiger charge is -2.11. The number of aldehydes is 1. The molecule has 0 unspecified atom stereocenters. The zero-order valence-corrected chi connectivity index (χ0v) is 5.75. The molecule has 0 aromatic heterocycles. The highest BCUT2D eigenvalue weighted by Crippen LogP contribution is 2.24. The van der Waals surface area contributed by atoms with Gasteiger partial charge in [-0.2, -0.15) is 0 Å². The Morgan fingerprint density at radius 1 is 1.55 bits per heavy atom. The number of aliphatic hydroxyl groups is 3. The molecule has 0 radical (unpaired) electrons. The molecule has 1 heterocycles. The van der Waals surface area contributed by atoms with Crippen LogP contribution < -0.4 is 0 Å². The Bertz CT molecular complexity index is 148. The number of rotatable bonds is 4. The van der Waals surface area contributed by atoms with Crippen molar-refractivity contribution < 1.29 is 24.9 Å². The van der Waals surface area contributed by atoms with Crippen LogP contribution in [-0.2, 0) is 9.53 Å². The maximum Gasteiger partial charge on any atom is 0.151 e. The molecule has 1 aliphatic rings.